The second-order valence-electron chi connectivity index (χ2n) is 6.58. The lowest BCUT2D eigenvalue weighted by Gasteiger charge is -2.09. The number of benzene rings is 3. The van der Waals surface area contributed by atoms with Crippen LogP contribution in [0.5, 0.6) is 0 Å². The molecule has 142 valence electrons. The van der Waals surface area contributed by atoms with E-state index in [1.54, 1.807) is 18.2 Å². The van der Waals surface area contributed by atoms with Gasteiger partial charge in [-0.2, -0.15) is 5.10 Å². The largest absolute Gasteiger partial charge is 0.272 e. The minimum absolute atomic E-state index is 0.283. The molecule has 0 fully saturated rings. The fourth-order valence-corrected chi connectivity index (χ4v) is 3.20. The summed E-state index contributed by atoms with van der Waals surface area (Å²) in [5.74, 6) is -0.283. The third-order valence-corrected chi connectivity index (χ3v) is 4.87. The van der Waals surface area contributed by atoms with Gasteiger partial charge in [-0.15, -0.1) is 0 Å². The van der Waals surface area contributed by atoms with Gasteiger partial charge in [-0.1, -0.05) is 72.3 Å². The molecular formula is C24H18ClN3O. The number of hydrogen-bond donors (Lipinski definition) is 1. The Bertz CT molecular complexity index is 1200. The van der Waals surface area contributed by atoms with Crippen LogP contribution in [0.25, 0.3) is 22.2 Å². The predicted octanol–water partition coefficient (Wildman–Crippen LogP) is 5.71. The highest BCUT2D eigenvalue weighted by atomic mass is 35.5. The fraction of sp³-hybridized carbons (Fsp3) is 0.0417. The zero-order valence-electron chi connectivity index (χ0n) is 15.8. The number of rotatable bonds is 4. The first-order chi connectivity index (χ1) is 14.1. The lowest BCUT2D eigenvalue weighted by Crippen LogP contribution is -2.20. The first-order valence-corrected chi connectivity index (χ1v) is 9.55. The summed E-state index contributed by atoms with van der Waals surface area (Å²) in [6.07, 6.45) is 0. The molecule has 29 heavy (non-hydrogen) atoms. The number of halogens is 1. The van der Waals surface area contributed by atoms with E-state index in [-0.39, 0.29) is 5.91 Å². The van der Waals surface area contributed by atoms with Gasteiger partial charge in [-0.05, 0) is 36.8 Å². The lowest BCUT2D eigenvalue weighted by molar-refractivity contribution is 0.0956. The van der Waals surface area contributed by atoms with Gasteiger partial charge in [0.05, 0.1) is 22.5 Å². The molecule has 5 heteroatoms. The van der Waals surface area contributed by atoms with Crippen LogP contribution in [0.15, 0.2) is 90.0 Å². The first kappa shape index (κ1) is 18.8. The van der Waals surface area contributed by atoms with E-state index in [2.05, 4.69) is 10.5 Å². The average Bonchev–Trinajstić information content (AvgIpc) is 2.77. The zero-order chi connectivity index (χ0) is 20.2. The molecule has 0 aliphatic heterocycles. The van der Waals surface area contributed by atoms with E-state index in [9.17, 15) is 4.79 Å². The molecule has 0 unspecified atom stereocenters. The highest BCUT2D eigenvalue weighted by Gasteiger charge is 2.14. The molecule has 1 N–H and O–H groups in total. The summed E-state index contributed by atoms with van der Waals surface area (Å²) in [7, 11) is 0. The minimum atomic E-state index is -0.283. The third kappa shape index (κ3) is 4.18. The van der Waals surface area contributed by atoms with E-state index < -0.39 is 0 Å². The van der Waals surface area contributed by atoms with Crippen LogP contribution in [0.3, 0.4) is 0 Å². The maximum absolute atomic E-state index is 13.0. The van der Waals surface area contributed by atoms with Crippen molar-refractivity contribution in [2.75, 3.05) is 0 Å². The van der Waals surface area contributed by atoms with Crippen molar-refractivity contribution in [2.24, 2.45) is 5.10 Å². The summed E-state index contributed by atoms with van der Waals surface area (Å²) in [4.78, 5) is 17.7. The maximum atomic E-state index is 13.0. The van der Waals surface area contributed by atoms with Crippen LogP contribution >= 0.6 is 11.6 Å². The summed E-state index contributed by atoms with van der Waals surface area (Å²) in [5, 5.41) is 5.70. The molecule has 0 atom stereocenters. The van der Waals surface area contributed by atoms with Crippen molar-refractivity contribution in [2.45, 2.75) is 6.92 Å². The molecule has 0 bridgehead atoms. The number of carbonyl (C=O) groups excluding carboxylic acids is 1. The molecule has 0 spiro atoms. The second kappa shape index (κ2) is 8.25. The van der Waals surface area contributed by atoms with Crippen LogP contribution < -0.4 is 5.43 Å². The van der Waals surface area contributed by atoms with Gasteiger partial charge in [0.2, 0.25) is 0 Å². The van der Waals surface area contributed by atoms with Crippen LogP contribution in [-0.2, 0) is 0 Å². The van der Waals surface area contributed by atoms with Crippen molar-refractivity contribution >= 4 is 34.1 Å². The molecule has 0 aliphatic rings. The van der Waals surface area contributed by atoms with E-state index in [1.165, 1.54) is 0 Å². The van der Waals surface area contributed by atoms with Crippen molar-refractivity contribution in [3.63, 3.8) is 0 Å². The van der Waals surface area contributed by atoms with Gasteiger partial charge in [-0.3, -0.25) is 4.79 Å². The van der Waals surface area contributed by atoms with E-state index in [1.807, 2.05) is 73.7 Å². The van der Waals surface area contributed by atoms with Crippen LogP contribution in [0.2, 0.25) is 5.02 Å². The van der Waals surface area contributed by atoms with Gasteiger partial charge in [0.15, 0.2) is 0 Å². The van der Waals surface area contributed by atoms with Gasteiger partial charge in [0.25, 0.3) is 5.91 Å². The Morgan fingerprint density at radius 2 is 1.62 bits per heavy atom. The van der Waals surface area contributed by atoms with Gasteiger partial charge >= 0.3 is 0 Å². The number of nitrogens with one attached hydrogen (secondary N) is 1. The number of aromatic nitrogens is 1. The van der Waals surface area contributed by atoms with Gasteiger partial charge in [0.1, 0.15) is 0 Å². The molecule has 0 aliphatic carbocycles. The number of hydrogen-bond acceptors (Lipinski definition) is 3. The molecule has 4 rings (SSSR count). The smallest absolute Gasteiger partial charge is 0.267 e. The second-order valence-corrected chi connectivity index (χ2v) is 7.02. The Kier molecular flexibility index (Phi) is 5.36. The summed E-state index contributed by atoms with van der Waals surface area (Å²) in [6, 6.07) is 26.5. The predicted molar refractivity (Wildman–Crippen MR) is 118 cm³/mol. The quantitative estimate of drug-likeness (QED) is 0.353. The van der Waals surface area contributed by atoms with Crippen molar-refractivity contribution in [3.05, 3.63) is 101 Å². The molecule has 1 amide bonds. The van der Waals surface area contributed by atoms with E-state index in [0.29, 0.717) is 16.3 Å². The minimum Gasteiger partial charge on any atom is -0.267 e. The molecule has 0 radical (unpaired) electrons. The molecule has 0 saturated carbocycles. The van der Waals surface area contributed by atoms with Crippen molar-refractivity contribution < 1.29 is 4.79 Å². The Morgan fingerprint density at radius 3 is 2.38 bits per heavy atom. The third-order valence-electron chi connectivity index (χ3n) is 4.62. The van der Waals surface area contributed by atoms with E-state index in [0.717, 1.165) is 27.7 Å². The summed E-state index contributed by atoms with van der Waals surface area (Å²) in [5.41, 5.74) is 7.22. The number of fused-ring (bicyclic) bond motifs is 1. The molecule has 1 heterocycles. The van der Waals surface area contributed by atoms with Crippen LogP contribution in [-0.4, -0.2) is 16.6 Å². The molecular weight excluding hydrogens is 382 g/mol. The lowest BCUT2D eigenvalue weighted by atomic mass is 10.0. The number of pyridine rings is 1. The molecule has 4 nitrogen and oxygen atoms in total. The Hall–Kier alpha value is -3.50. The van der Waals surface area contributed by atoms with Gasteiger partial charge in [-0.25, -0.2) is 10.4 Å². The maximum Gasteiger partial charge on any atom is 0.272 e. The molecule has 1 aromatic heterocycles. The van der Waals surface area contributed by atoms with E-state index in [4.69, 9.17) is 16.6 Å². The summed E-state index contributed by atoms with van der Waals surface area (Å²) >= 11 is 6.00. The standard InChI is InChI=1S/C24H18ClN3O/c1-16(17-7-3-2-4-8-17)27-28-24(29)21-15-23(18-11-13-19(25)14-12-18)26-22-10-6-5-9-20(21)22/h2-15H,1H3,(H,28,29). The monoisotopic (exact) mass is 399 g/mol. The zero-order valence-corrected chi connectivity index (χ0v) is 16.5. The first-order valence-electron chi connectivity index (χ1n) is 9.17. The van der Waals surface area contributed by atoms with Gasteiger partial charge < -0.3 is 0 Å². The normalized spacial score (nSPS) is 11.4. The number of amides is 1. The number of para-hydroxylation sites is 1. The Morgan fingerprint density at radius 1 is 0.931 bits per heavy atom. The highest BCUT2D eigenvalue weighted by Crippen LogP contribution is 2.26. The molecule has 0 saturated heterocycles. The van der Waals surface area contributed by atoms with Gasteiger partial charge in [0, 0.05) is 16.0 Å². The van der Waals surface area contributed by atoms with E-state index >= 15 is 0 Å². The number of nitrogens with zero attached hydrogens (tertiary/aromatic N) is 2. The highest BCUT2D eigenvalue weighted by molar-refractivity contribution is 6.30. The topological polar surface area (TPSA) is 54.4 Å². The van der Waals surface area contributed by atoms with Crippen molar-refractivity contribution in [3.8, 4) is 11.3 Å². The fourth-order valence-electron chi connectivity index (χ4n) is 3.07. The van der Waals surface area contributed by atoms with Crippen LogP contribution in [0.1, 0.15) is 22.8 Å². The molecule has 3 aromatic carbocycles. The van der Waals surface area contributed by atoms with Crippen molar-refractivity contribution in [1.82, 2.24) is 10.4 Å². The Balaban J connectivity index is 1.72. The molecule has 4 aromatic rings. The average molecular weight is 400 g/mol. The van der Waals surface area contributed by atoms with Crippen molar-refractivity contribution in [1.29, 1.82) is 0 Å². The summed E-state index contributed by atoms with van der Waals surface area (Å²) in [6.45, 7) is 1.86. The van der Waals surface area contributed by atoms with Crippen LogP contribution in [0, 0.1) is 0 Å². The SMILES string of the molecule is CC(=NNC(=O)c1cc(-c2ccc(Cl)cc2)nc2ccccc12)c1ccccc1. The Labute approximate surface area is 173 Å². The number of hydrazone groups is 1. The number of carbonyl (C=O) groups is 1. The summed E-state index contributed by atoms with van der Waals surface area (Å²) < 4.78 is 0. The van der Waals surface area contributed by atoms with Crippen LogP contribution in [0.4, 0.5) is 0 Å².